The minimum absolute atomic E-state index is 0.279. The zero-order valence-corrected chi connectivity index (χ0v) is 9.02. The molecule has 0 atom stereocenters. The number of rotatable bonds is 1. The van der Waals surface area contributed by atoms with Crippen LogP contribution in [0.3, 0.4) is 0 Å². The van der Waals surface area contributed by atoms with Gasteiger partial charge in [-0.05, 0) is 30.2 Å². The molecule has 0 unspecified atom stereocenters. The van der Waals surface area contributed by atoms with Gasteiger partial charge in [-0.2, -0.15) is 13.2 Å². The van der Waals surface area contributed by atoms with Crippen molar-refractivity contribution in [2.24, 2.45) is 0 Å². The first-order valence-corrected chi connectivity index (χ1v) is 5.08. The van der Waals surface area contributed by atoms with Crippen LogP contribution in [-0.4, -0.2) is 4.98 Å². The summed E-state index contributed by atoms with van der Waals surface area (Å²) in [5, 5.41) is 0.610. The van der Waals surface area contributed by atoms with Gasteiger partial charge in [0.05, 0.1) is 5.56 Å². The van der Waals surface area contributed by atoms with E-state index in [1.54, 1.807) is 6.07 Å². The van der Waals surface area contributed by atoms with Gasteiger partial charge in [0.1, 0.15) is 0 Å². The molecule has 86 valence electrons. The molecule has 4 heteroatoms. The Morgan fingerprint density at radius 2 is 1.81 bits per heavy atom. The Morgan fingerprint density at radius 3 is 2.38 bits per heavy atom. The molecule has 0 spiro atoms. The maximum atomic E-state index is 12.5. The van der Waals surface area contributed by atoms with Crippen LogP contribution in [0.2, 0.25) is 0 Å². The van der Waals surface area contributed by atoms with Crippen LogP contribution >= 0.6 is 0 Å². The summed E-state index contributed by atoms with van der Waals surface area (Å²) < 4.78 is 37.4. The zero-order chi connectivity index (χ0) is 11.9. The molecule has 0 bridgehead atoms. The minimum Gasteiger partial charge on any atom is -0.358 e. The number of alkyl halides is 3. The predicted octanol–water partition coefficient (Wildman–Crippen LogP) is 4.31. The van der Waals surface area contributed by atoms with E-state index in [0.717, 1.165) is 17.3 Å². The molecule has 1 nitrogen and oxygen atoms in total. The topological polar surface area (TPSA) is 15.8 Å². The molecule has 1 N–H and O–H groups in total. The van der Waals surface area contributed by atoms with Crippen LogP contribution in [0.1, 0.15) is 31.0 Å². The number of aromatic amines is 1. The molecule has 0 fully saturated rings. The van der Waals surface area contributed by atoms with Gasteiger partial charge in [-0.3, -0.25) is 0 Å². The van der Waals surface area contributed by atoms with E-state index in [2.05, 4.69) is 4.98 Å². The van der Waals surface area contributed by atoms with E-state index < -0.39 is 11.7 Å². The predicted molar refractivity (Wildman–Crippen MR) is 57.4 cm³/mol. The molecule has 0 aliphatic rings. The van der Waals surface area contributed by atoms with Crippen molar-refractivity contribution in [1.29, 1.82) is 0 Å². The highest BCUT2D eigenvalue weighted by Crippen LogP contribution is 2.32. The Kier molecular flexibility index (Phi) is 2.45. The summed E-state index contributed by atoms with van der Waals surface area (Å²) in [6.07, 6.45) is -4.27. The molecular formula is C12H12F3N. The van der Waals surface area contributed by atoms with Crippen LogP contribution < -0.4 is 0 Å². The van der Waals surface area contributed by atoms with Crippen LogP contribution in [0, 0.1) is 0 Å². The van der Waals surface area contributed by atoms with Crippen molar-refractivity contribution in [2.75, 3.05) is 0 Å². The number of hydrogen-bond donors (Lipinski definition) is 1. The highest BCUT2D eigenvalue weighted by Gasteiger charge is 2.30. The van der Waals surface area contributed by atoms with Gasteiger partial charge in [0.15, 0.2) is 0 Å². The lowest BCUT2D eigenvalue weighted by atomic mass is 10.1. The highest BCUT2D eigenvalue weighted by molar-refractivity contribution is 5.81. The number of hydrogen-bond acceptors (Lipinski definition) is 0. The second-order valence-corrected chi connectivity index (χ2v) is 4.18. The van der Waals surface area contributed by atoms with Gasteiger partial charge < -0.3 is 4.98 Å². The van der Waals surface area contributed by atoms with Gasteiger partial charge in [0.2, 0.25) is 0 Å². The summed E-state index contributed by atoms with van der Waals surface area (Å²) in [6, 6.07) is 5.53. The second-order valence-electron chi connectivity index (χ2n) is 4.18. The smallest absolute Gasteiger partial charge is 0.358 e. The Hall–Kier alpha value is -1.45. The summed E-state index contributed by atoms with van der Waals surface area (Å²) in [7, 11) is 0. The quantitative estimate of drug-likeness (QED) is 0.747. The zero-order valence-electron chi connectivity index (χ0n) is 9.02. The molecule has 1 aromatic heterocycles. The van der Waals surface area contributed by atoms with Crippen LogP contribution in [0.5, 0.6) is 0 Å². The number of halogens is 3. The van der Waals surface area contributed by atoms with Crippen molar-refractivity contribution < 1.29 is 13.2 Å². The van der Waals surface area contributed by atoms with E-state index in [0.29, 0.717) is 5.39 Å². The molecule has 0 saturated heterocycles. The second kappa shape index (κ2) is 3.54. The van der Waals surface area contributed by atoms with Crippen LogP contribution in [0.15, 0.2) is 24.3 Å². The molecule has 1 aromatic carbocycles. The monoisotopic (exact) mass is 227 g/mol. The molecule has 16 heavy (non-hydrogen) atoms. The maximum Gasteiger partial charge on any atom is 0.416 e. The SMILES string of the molecule is CC(C)c1cc2cc(C(F)(F)F)ccc2[nH]1. The standard InChI is InChI=1S/C12H12F3N/c1-7(2)11-6-8-5-9(12(13,14)15)3-4-10(8)16-11/h3-7,16H,1-2H3. The van der Waals surface area contributed by atoms with Crippen molar-refractivity contribution in [3.05, 3.63) is 35.5 Å². The van der Waals surface area contributed by atoms with Crippen molar-refractivity contribution in [1.82, 2.24) is 4.98 Å². The van der Waals surface area contributed by atoms with E-state index in [1.807, 2.05) is 13.8 Å². The third-order valence-electron chi connectivity index (χ3n) is 2.59. The summed E-state index contributed by atoms with van der Waals surface area (Å²) in [6.45, 7) is 3.99. The van der Waals surface area contributed by atoms with Crippen molar-refractivity contribution in [3.8, 4) is 0 Å². The Balaban J connectivity index is 2.54. The minimum atomic E-state index is -4.27. The fraction of sp³-hybridized carbons (Fsp3) is 0.333. The van der Waals surface area contributed by atoms with Crippen LogP contribution in [0.25, 0.3) is 10.9 Å². The summed E-state index contributed by atoms with van der Waals surface area (Å²) in [5.74, 6) is 0.279. The van der Waals surface area contributed by atoms with E-state index in [-0.39, 0.29) is 5.92 Å². The molecule has 0 saturated carbocycles. The van der Waals surface area contributed by atoms with Gasteiger partial charge in [-0.15, -0.1) is 0 Å². The summed E-state index contributed by atoms with van der Waals surface area (Å²) >= 11 is 0. The van der Waals surface area contributed by atoms with E-state index >= 15 is 0 Å². The number of fused-ring (bicyclic) bond motifs is 1. The molecule has 2 rings (SSSR count). The number of nitrogens with one attached hydrogen (secondary N) is 1. The first-order valence-electron chi connectivity index (χ1n) is 5.08. The van der Waals surface area contributed by atoms with Gasteiger partial charge in [0.25, 0.3) is 0 Å². The van der Waals surface area contributed by atoms with E-state index in [9.17, 15) is 13.2 Å². The van der Waals surface area contributed by atoms with Gasteiger partial charge in [-0.1, -0.05) is 13.8 Å². The Morgan fingerprint density at radius 1 is 1.12 bits per heavy atom. The fourth-order valence-corrected chi connectivity index (χ4v) is 1.64. The third-order valence-corrected chi connectivity index (χ3v) is 2.59. The normalized spacial score (nSPS) is 12.6. The van der Waals surface area contributed by atoms with Gasteiger partial charge in [-0.25, -0.2) is 0 Å². The molecule has 2 aromatic rings. The highest BCUT2D eigenvalue weighted by atomic mass is 19.4. The lowest BCUT2D eigenvalue weighted by molar-refractivity contribution is -0.137. The number of H-pyrrole nitrogens is 1. The largest absolute Gasteiger partial charge is 0.416 e. The molecular weight excluding hydrogens is 215 g/mol. The molecule has 1 heterocycles. The Labute approximate surface area is 91.3 Å². The van der Waals surface area contributed by atoms with Gasteiger partial charge in [0, 0.05) is 16.6 Å². The lowest BCUT2D eigenvalue weighted by Crippen LogP contribution is -2.03. The van der Waals surface area contributed by atoms with Crippen LogP contribution in [-0.2, 0) is 6.18 Å². The first-order chi connectivity index (χ1) is 7.38. The molecule has 0 amide bonds. The van der Waals surface area contributed by atoms with E-state index in [4.69, 9.17) is 0 Å². The molecule has 0 aliphatic heterocycles. The van der Waals surface area contributed by atoms with Crippen molar-refractivity contribution in [2.45, 2.75) is 25.9 Å². The first kappa shape index (κ1) is 11.0. The van der Waals surface area contributed by atoms with E-state index in [1.165, 1.54) is 12.1 Å². The van der Waals surface area contributed by atoms with Crippen molar-refractivity contribution in [3.63, 3.8) is 0 Å². The molecule has 0 radical (unpaired) electrons. The fourth-order valence-electron chi connectivity index (χ4n) is 1.64. The maximum absolute atomic E-state index is 12.5. The van der Waals surface area contributed by atoms with Crippen molar-refractivity contribution >= 4 is 10.9 Å². The molecule has 0 aliphatic carbocycles. The average molecular weight is 227 g/mol. The Bertz CT molecular complexity index is 508. The van der Waals surface area contributed by atoms with Gasteiger partial charge >= 0.3 is 6.18 Å². The average Bonchev–Trinajstić information content (AvgIpc) is 2.58. The third kappa shape index (κ3) is 1.92. The number of benzene rings is 1. The summed E-state index contributed by atoms with van der Waals surface area (Å²) in [4.78, 5) is 3.11. The number of aromatic nitrogens is 1. The lowest BCUT2D eigenvalue weighted by Gasteiger charge is -2.05. The summed E-state index contributed by atoms with van der Waals surface area (Å²) in [5.41, 5.74) is 1.10. The van der Waals surface area contributed by atoms with Crippen LogP contribution in [0.4, 0.5) is 13.2 Å².